The van der Waals surface area contributed by atoms with Crippen molar-refractivity contribution >= 4 is 0 Å². The topological polar surface area (TPSA) is 54.1 Å². The van der Waals surface area contributed by atoms with Gasteiger partial charge in [0.15, 0.2) is 0 Å². The molecule has 2 rings (SSSR count). The molecule has 1 saturated heterocycles. The Morgan fingerprint density at radius 2 is 2.73 bits per heavy atom. The summed E-state index contributed by atoms with van der Waals surface area (Å²) in [4.78, 5) is 3.86. The Kier molecular flexibility index (Phi) is 1.37. The van der Waals surface area contributed by atoms with Crippen molar-refractivity contribution in [1.29, 1.82) is 5.26 Å². The number of rotatable bonds is 2. The van der Waals surface area contributed by atoms with Gasteiger partial charge < -0.3 is 9.30 Å². The Balaban J connectivity index is 2.15. The van der Waals surface area contributed by atoms with E-state index in [1.54, 1.807) is 17.0 Å². The number of imidazole rings is 1. The Hall–Kier alpha value is -1.34. The summed E-state index contributed by atoms with van der Waals surface area (Å²) in [6.07, 6.45) is 3.72. The van der Waals surface area contributed by atoms with Crippen molar-refractivity contribution in [2.45, 2.75) is 12.6 Å². The molecule has 4 heteroatoms. The van der Waals surface area contributed by atoms with Gasteiger partial charge in [-0.25, -0.2) is 4.98 Å². The fourth-order valence-corrected chi connectivity index (χ4v) is 0.962. The SMILES string of the molecule is N#Cc1nccn1C[C@@H]1CO1. The largest absolute Gasteiger partial charge is 0.371 e. The van der Waals surface area contributed by atoms with Gasteiger partial charge in [-0.05, 0) is 0 Å². The van der Waals surface area contributed by atoms with Crippen LogP contribution in [0.1, 0.15) is 5.82 Å². The molecular weight excluding hydrogens is 142 g/mol. The molecule has 0 amide bonds. The Morgan fingerprint density at radius 3 is 3.36 bits per heavy atom. The van der Waals surface area contributed by atoms with Crippen LogP contribution in [0.15, 0.2) is 12.4 Å². The summed E-state index contributed by atoms with van der Waals surface area (Å²) < 4.78 is 6.83. The Morgan fingerprint density at radius 1 is 1.91 bits per heavy atom. The minimum Gasteiger partial charge on any atom is -0.371 e. The fourth-order valence-electron chi connectivity index (χ4n) is 0.962. The van der Waals surface area contributed by atoms with Gasteiger partial charge >= 0.3 is 0 Å². The zero-order valence-electron chi connectivity index (χ0n) is 5.90. The highest BCUT2D eigenvalue weighted by Crippen LogP contribution is 2.12. The highest BCUT2D eigenvalue weighted by atomic mass is 16.6. The maximum Gasteiger partial charge on any atom is 0.212 e. The average molecular weight is 149 g/mol. The van der Waals surface area contributed by atoms with Gasteiger partial charge in [-0.2, -0.15) is 5.26 Å². The first-order valence-corrected chi connectivity index (χ1v) is 3.43. The molecule has 0 radical (unpaired) electrons. The number of nitrogens with zero attached hydrogens (tertiary/aromatic N) is 3. The van der Waals surface area contributed by atoms with E-state index in [0.717, 1.165) is 13.2 Å². The van der Waals surface area contributed by atoms with Crippen LogP contribution in [0.2, 0.25) is 0 Å². The van der Waals surface area contributed by atoms with E-state index >= 15 is 0 Å². The van der Waals surface area contributed by atoms with Crippen LogP contribution >= 0.6 is 0 Å². The molecule has 2 heterocycles. The van der Waals surface area contributed by atoms with Crippen molar-refractivity contribution in [1.82, 2.24) is 9.55 Å². The summed E-state index contributed by atoms with van der Waals surface area (Å²) in [6, 6.07) is 2.00. The van der Waals surface area contributed by atoms with Crippen molar-refractivity contribution in [3.05, 3.63) is 18.2 Å². The molecule has 0 aromatic carbocycles. The van der Waals surface area contributed by atoms with Crippen molar-refractivity contribution in [3.8, 4) is 6.07 Å². The number of aromatic nitrogens is 2. The van der Waals surface area contributed by atoms with Gasteiger partial charge in [0.05, 0.1) is 19.3 Å². The second kappa shape index (κ2) is 2.36. The lowest BCUT2D eigenvalue weighted by atomic mass is 10.4. The molecule has 0 bridgehead atoms. The van der Waals surface area contributed by atoms with E-state index in [1.165, 1.54) is 0 Å². The third kappa shape index (κ3) is 1.23. The van der Waals surface area contributed by atoms with Crippen molar-refractivity contribution in [3.63, 3.8) is 0 Å². The normalized spacial score (nSPS) is 21.2. The second-order valence-electron chi connectivity index (χ2n) is 2.47. The zero-order valence-corrected chi connectivity index (χ0v) is 5.90. The lowest BCUT2D eigenvalue weighted by Crippen LogP contribution is -2.04. The number of hydrogen-bond donors (Lipinski definition) is 0. The number of epoxide rings is 1. The summed E-state index contributed by atoms with van der Waals surface area (Å²) in [5, 5.41) is 8.57. The molecule has 1 aromatic rings. The van der Waals surface area contributed by atoms with Crippen LogP contribution in [-0.4, -0.2) is 22.3 Å². The maximum absolute atomic E-state index is 8.57. The number of ether oxygens (including phenoxy) is 1. The monoisotopic (exact) mass is 149 g/mol. The van der Waals surface area contributed by atoms with Gasteiger partial charge in [0, 0.05) is 12.4 Å². The second-order valence-corrected chi connectivity index (χ2v) is 2.47. The summed E-state index contributed by atoms with van der Waals surface area (Å²) in [5.41, 5.74) is 0. The van der Waals surface area contributed by atoms with E-state index in [4.69, 9.17) is 10.00 Å². The average Bonchev–Trinajstić information content (AvgIpc) is 2.68. The molecule has 0 N–H and O–H groups in total. The fraction of sp³-hybridized carbons (Fsp3) is 0.429. The Labute approximate surface area is 64.0 Å². The molecule has 1 aliphatic heterocycles. The van der Waals surface area contributed by atoms with Gasteiger partial charge in [-0.1, -0.05) is 0 Å². The van der Waals surface area contributed by atoms with Gasteiger partial charge in [0.25, 0.3) is 0 Å². The highest BCUT2D eigenvalue weighted by molar-refractivity contribution is 5.11. The van der Waals surface area contributed by atoms with Crippen LogP contribution < -0.4 is 0 Å². The van der Waals surface area contributed by atoms with E-state index in [0.29, 0.717) is 11.9 Å². The third-order valence-corrected chi connectivity index (χ3v) is 1.62. The summed E-state index contributed by atoms with van der Waals surface area (Å²) >= 11 is 0. The number of nitriles is 1. The smallest absolute Gasteiger partial charge is 0.212 e. The summed E-state index contributed by atoms with van der Waals surface area (Å²) in [7, 11) is 0. The molecule has 1 aromatic heterocycles. The minimum absolute atomic E-state index is 0.302. The van der Waals surface area contributed by atoms with Gasteiger partial charge in [-0.15, -0.1) is 0 Å². The molecule has 4 nitrogen and oxygen atoms in total. The lowest BCUT2D eigenvalue weighted by Gasteiger charge is -1.97. The molecule has 1 aliphatic rings. The van der Waals surface area contributed by atoms with Crippen molar-refractivity contribution in [2.75, 3.05) is 6.61 Å². The van der Waals surface area contributed by atoms with Gasteiger partial charge in [0.1, 0.15) is 6.07 Å². The van der Waals surface area contributed by atoms with Gasteiger partial charge in [0.2, 0.25) is 5.82 Å². The van der Waals surface area contributed by atoms with Crippen LogP contribution in [0, 0.1) is 11.3 Å². The first-order valence-electron chi connectivity index (χ1n) is 3.43. The van der Waals surface area contributed by atoms with Crippen LogP contribution in [0.25, 0.3) is 0 Å². The molecule has 0 unspecified atom stereocenters. The molecule has 0 saturated carbocycles. The molecule has 11 heavy (non-hydrogen) atoms. The van der Waals surface area contributed by atoms with E-state index < -0.39 is 0 Å². The van der Waals surface area contributed by atoms with Crippen LogP contribution in [0.4, 0.5) is 0 Å². The predicted octanol–water partition coefficient (Wildman–Crippen LogP) is 0.154. The summed E-state index contributed by atoms with van der Waals surface area (Å²) in [5.74, 6) is 0.459. The van der Waals surface area contributed by atoms with Crippen molar-refractivity contribution in [2.24, 2.45) is 0 Å². The first kappa shape index (κ1) is 6.38. The van der Waals surface area contributed by atoms with E-state index in [-0.39, 0.29) is 0 Å². The molecule has 1 atom stereocenters. The highest BCUT2D eigenvalue weighted by Gasteiger charge is 2.23. The predicted molar refractivity (Wildman–Crippen MR) is 36.7 cm³/mol. The molecule has 0 spiro atoms. The van der Waals surface area contributed by atoms with Crippen LogP contribution in [0.5, 0.6) is 0 Å². The molecular formula is C7H7N3O. The van der Waals surface area contributed by atoms with E-state index in [9.17, 15) is 0 Å². The van der Waals surface area contributed by atoms with E-state index in [1.807, 2.05) is 6.07 Å². The first-order chi connectivity index (χ1) is 5.40. The number of hydrogen-bond acceptors (Lipinski definition) is 3. The summed E-state index contributed by atoms with van der Waals surface area (Å²) in [6.45, 7) is 1.56. The van der Waals surface area contributed by atoms with Crippen LogP contribution in [-0.2, 0) is 11.3 Å². The van der Waals surface area contributed by atoms with Crippen molar-refractivity contribution < 1.29 is 4.74 Å². The standard InChI is InChI=1S/C7H7N3O/c8-3-7-9-1-2-10(7)4-6-5-11-6/h1-2,6H,4-5H2/t6-/m1/s1. The molecule has 0 aliphatic carbocycles. The Bertz CT molecular complexity index is 295. The molecule has 1 fully saturated rings. The zero-order chi connectivity index (χ0) is 7.68. The minimum atomic E-state index is 0.302. The van der Waals surface area contributed by atoms with E-state index in [2.05, 4.69) is 4.98 Å². The quantitative estimate of drug-likeness (QED) is 0.562. The lowest BCUT2D eigenvalue weighted by molar-refractivity contribution is 0.382. The van der Waals surface area contributed by atoms with Gasteiger partial charge in [-0.3, -0.25) is 0 Å². The van der Waals surface area contributed by atoms with Crippen LogP contribution in [0.3, 0.4) is 0 Å². The molecule has 56 valence electrons. The maximum atomic E-state index is 8.57. The third-order valence-electron chi connectivity index (χ3n) is 1.62.